The van der Waals surface area contributed by atoms with Crippen molar-refractivity contribution in [3.05, 3.63) is 29.6 Å². The Kier molecular flexibility index (Phi) is 3.82. The van der Waals surface area contributed by atoms with Crippen molar-refractivity contribution in [3.63, 3.8) is 0 Å². The summed E-state index contributed by atoms with van der Waals surface area (Å²) < 4.78 is 52.0. The predicted octanol–water partition coefficient (Wildman–Crippen LogP) is 3.57. The summed E-state index contributed by atoms with van der Waals surface area (Å²) in [7, 11) is 0. The first-order valence-electron chi connectivity index (χ1n) is 7.33. The lowest BCUT2D eigenvalue weighted by atomic mass is 10.0. The Labute approximate surface area is 121 Å². The number of nitrogens with one attached hydrogen (secondary N) is 1. The maximum Gasteiger partial charge on any atom is 0.416 e. The highest BCUT2D eigenvalue weighted by Crippen LogP contribution is 2.35. The van der Waals surface area contributed by atoms with Crippen molar-refractivity contribution in [1.82, 2.24) is 5.32 Å². The third kappa shape index (κ3) is 2.86. The minimum absolute atomic E-state index is 0.179. The van der Waals surface area contributed by atoms with Gasteiger partial charge in [0.05, 0.1) is 11.3 Å². The molecule has 2 aliphatic heterocycles. The van der Waals surface area contributed by atoms with Gasteiger partial charge in [0.25, 0.3) is 0 Å². The Hall–Kier alpha value is -1.30. The number of halogens is 4. The average Bonchev–Trinajstić information content (AvgIpc) is 3.08. The monoisotopic (exact) mass is 302 g/mol. The largest absolute Gasteiger partial charge is 0.416 e. The number of benzene rings is 1. The van der Waals surface area contributed by atoms with Crippen LogP contribution < -0.4 is 10.2 Å². The second-order valence-electron chi connectivity index (χ2n) is 5.77. The summed E-state index contributed by atoms with van der Waals surface area (Å²) in [5.74, 6) is -0.783. The minimum Gasteiger partial charge on any atom is -0.365 e. The highest BCUT2D eigenvalue weighted by Gasteiger charge is 2.36. The number of nitrogens with zero attached hydrogens (tertiary/aromatic N) is 1. The molecule has 1 N–H and O–H groups in total. The fourth-order valence-corrected chi connectivity index (χ4v) is 3.47. The van der Waals surface area contributed by atoms with E-state index in [9.17, 15) is 17.6 Å². The van der Waals surface area contributed by atoms with E-state index in [0.717, 1.165) is 38.3 Å². The van der Waals surface area contributed by atoms with Crippen LogP contribution in [0.5, 0.6) is 0 Å². The Balaban J connectivity index is 1.85. The van der Waals surface area contributed by atoms with E-state index >= 15 is 0 Å². The van der Waals surface area contributed by atoms with Gasteiger partial charge < -0.3 is 10.2 Å². The molecule has 21 heavy (non-hydrogen) atoms. The van der Waals surface area contributed by atoms with Crippen molar-refractivity contribution in [1.29, 1.82) is 0 Å². The fourth-order valence-electron chi connectivity index (χ4n) is 3.47. The average molecular weight is 302 g/mol. The number of anilines is 1. The van der Waals surface area contributed by atoms with E-state index in [1.807, 2.05) is 4.90 Å². The first kappa shape index (κ1) is 14.6. The van der Waals surface area contributed by atoms with Gasteiger partial charge in [-0.05, 0) is 50.4 Å². The van der Waals surface area contributed by atoms with Crippen molar-refractivity contribution >= 4 is 5.69 Å². The summed E-state index contributed by atoms with van der Waals surface area (Å²) in [4.78, 5) is 1.93. The lowest BCUT2D eigenvalue weighted by Gasteiger charge is -2.31. The molecule has 6 heteroatoms. The van der Waals surface area contributed by atoms with E-state index in [0.29, 0.717) is 24.3 Å². The molecule has 2 atom stereocenters. The molecule has 0 radical (unpaired) electrons. The standard InChI is InChI=1S/C15H18F4N2/c16-11-9-10(15(17,18)19)5-6-13(11)21-8-2-4-14(21)12-3-1-7-20-12/h5-6,9,12,14,20H,1-4,7-8H2. The van der Waals surface area contributed by atoms with Crippen molar-refractivity contribution in [3.8, 4) is 0 Å². The second kappa shape index (κ2) is 5.48. The highest BCUT2D eigenvalue weighted by molar-refractivity contribution is 5.52. The van der Waals surface area contributed by atoms with E-state index in [4.69, 9.17) is 0 Å². The van der Waals surface area contributed by atoms with Gasteiger partial charge in [0.15, 0.2) is 0 Å². The van der Waals surface area contributed by atoms with Gasteiger partial charge in [-0.25, -0.2) is 4.39 Å². The quantitative estimate of drug-likeness (QED) is 0.840. The highest BCUT2D eigenvalue weighted by atomic mass is 19.4. The molecule has 3 rings (SSSR count). The molecule has 2 nitrogen and oxygen atoms in total. The molecule has 2 heterocycles. The Morgan fingerprint density at radius 3 is 2.57 bits per heavy atom. The van der Waals surface area contributed by atoms with Crippen LogP contribution in [0.25, 0.3) is 0 Å². The van der Waals surface area contributed by atoms with E-state index in [2.05, 4.69) is 5.32 Å². The maximum atomic E-state index is 14.1. The molecule has 0 saturated carbocycles. The molecular formula is C15H18F4N2. The molecule has 1 aromatic carbocycles. The van der Waals surface area contributed by atoms with Gasteiger partial charge in [0.1, 0.15) is 5.82 Å². The van der Waals surface area contributed by atoms with Gasteiger partial charge in [0.2, 0.25) is 0 Å². The molecule has 0 spiro atoms. The zero-order chi connectivity index (χ0) is 15.0. The van der Waals surface area contributed by atoms with Gasteiger partial charge in [-0.2, -0.15) is 13.2 Å². The summed E-state index contributed by atoms with van der Waals surface area (Å²) in [5.41, 5.74) is -0.641. The van der Waals surface area contributed by atoms with Crippen LogP contribution in [-0.2, 0) is 6.18 Å². The molecule has 2 unspecified atom stereocenters. The number of hydrogen-bond donors (Lipinski definition) is 1. The summed E-state index contributed by atoms with van der Waals surface area (Å²) in [6.07, 6.45) is -0.452. The normalized spacial score (nSPS) is 26.6. The van der Waals surface area contributed by atoms with Crippen LogP contribution in [0.4, 0.5) is 23.2 Å². The van der Waals surface area contributed by atoms with Crippen LogP contribution in [0.2, 0.25) is 0 Å². The summed E-state index contributed by atoms with van der Waals surface area (Å²) >= 11 is 0. The van der Waals surface area contributed by atoms with Crippen LogP contribution in [0, 0.1) is 5.82 Å². The van der Waals surface area contributed by atoms with Gasteiger partial charge >= 0.3 is 6.18 Å². The van der Waals surface area contributed by atoms with Crippen molar-refractivity contribution < 1.29 is 17.6 Å². The topological polar surface area (TPSA) is 15.3 Å². The van der Waals surface area contributed by atoms with Crippen molar-refractivity contribution in [2.75, 3.05) is 18.0 Å². The molecule has 1 aromatic rings. The van der Waals surface area contributed by atoms with E-state index in [1.54, 1.807) is 0 Å². The molecule has 116 valence electrons. The molecule has 2 fully saturated rings. The predicted molar refractivity (Wildman–Crippen MR) is 72.8 cm³/mol. The molecule has 0 aromatic heterocycles. The number of rotatable bonds is 2. The third-order valence-corrected chi connectivity index (χ3v) is 4.45. The van der Waals surface area contributed by atoms with E-state index < -0.39 is 17.6 Å². The lowest BCUT2D eigenvalue weighted by molar-refractivity contribution is -0.137. The molecule has 0 bridgehead atoms. The van der Waals surface area contributed by atoms with Gasteiger partial charge in [-0.3, -0.25) is 0 Å². The number of hydrogen-bond acceptors (Lipinski definition) is 2. The Morgan fingerprint density at radius 2 is 1.95 bits per heavy atom. The summed E-state index contributed by atoms with van der Waals surface area (Å²) in [6.45, 7) is 1.66. The van der Waals surface area contributed by atoms with Crippen LogP contribution in [0.15, 0.2) is 18.2 Å². The molecule has 0 aliphatic carbocycles. The first-order chi connectivity index (χ1) is 9.97. The molecule has 2 aliphatic rings. The second-order valence-corrected chi connectivity index (χ2v) is 5.77. The van der Waals surface area contributed by atoms with Crippen molar-refractivity contribution in [2.24, 2.45) is 0 Å². The molecule has 2 saturated heterocycles. The summed E-state index contributed by atoms with van der Waals surface area (Å²) in [6, 6.07) is 3.33. The van der Waals surface area contributed by atoms with Crippen LogP contribution >= 0.6 is 0 Å². The van der Waals surface area contributed by atoms with Gasteiger partial charge in [-0.1, -0.05) is 0 Å². The van der Waals surface area contributed by atoms with Gasteiger partial charge in [-0.15, -0.1) is 0 Å². The molecular weight excluding hydrogens is 284 g/mol. The lowest BCUT2D eigenvalue weighted by Crippen LogP contribution is -2.44. The van der Waals surface area contributed by atoms with E-state index in [-0.39, 0.29) is 6.04 Å². The van der Waals surface area contributed by atoms with Crippen molar-refractivity contribution in [2.45, 2.75) is 43.9 Å². The Morgan fingerprint density at radius 1 is 1.14 bits per heavy atom. The smallest absolute Gasteiger partial charge is 0.365 e. The third-order valence-electron chi connectivity index (χ3n) is 4.45. The van der Waals surface area contributed by atoms with Crippen LogP contribution in [0.3, 0.4) is 0 Å². The minimum atomic E-state index is -4.50. The molecule has 0 amide bonds. The number of alkyl halides is 3. The SMILES string of the molecule is Fc1cc(C(F)(F)F)ccc1N1CCCC1C1CCCN1. The van der Waals surface area contributed by atoms with Gasteiger partial charge in [0, 0.05) is 18.6 Å². The van der Waals surface area contributed by atoms with E-state index in [1.165, 1.54) is 6.07 Å². The van der Waals surface area contributed by atoms with Crippen LogP contribution in [0.1, 0.15) is 31.2 Å². The Bertz CT molecular complexity index is 509. The zero-order valence-corrected chi connectivity index (χ0v) is 11.6. The summed E-state index contributed by atoms with van der Waals surface area (Å²) in [5, 5.41) is 3.41. The maximum absolute atomic E-state index is 14.1. The fraction of sp³-hybridized carbons (Fsp3) is 0.600. The van der Waals surface area contributed by atoms with Crippen LogP contribution in [-0.4, -0.2) is 25.2 Å². The zero-order valence-electron chi connectivity index (χ0n) is 11.6. The first-order valence-corrected chi connectivity index (χ1v) is 7.33.